The van der Waals surface area contributed by atoms with Crippen LogP contribution in [0, 0.1) is 0 Å². The van der Waals surface area contributed by atoms with Gasteiger partial charge in [-0.15, -0.1) is 6.58 Å². The third-order valence-electron chi connectivity index (χ3n) is 1.06. The Kier molecular flexibility index (Phi) is 5.26. The van der Waals surface area contributed by atoms with Gasteiger partial charge in [0.15, 0.2) is 0 Å². The molecule has 2 heteroatoms. The lowest BCUT2D eigenvalue weighted by atomic mass is 10.3. The fourth-order valence-electron chi connectivity index (χ4n) is 0.564. The highest BCUT2D eigenvalue weighted by molar-refractivity contribution is 4.71. The summed E-state index contributed by atoms with van der Waals surface area (Å²) < 4.78 is 5.16. The standard InChI is InChI=1S/C8H16O2/c1-4-5-8(9)6-10-7(2)3/h4,7-9H,1,5-6H2,2-3H3/t8-/m1/s1. The fraction of sp³-hybridized carbons (Fsp3) is 0.750. The van der Waals surface area contributed by atoms with Gasteiger partial charge in [0.1, 0.15) is 0 Å². The molecule has 0 bridgehead atoms. The minimum absolute atomic E-state index is 0.194. The summed E-state index contributed by atoms with van der Waals surface area (Å²) in [6, 6.07) is 0. The van der Waals surface area contributed by atoms with Gasteiger partial charge in [-0.25, -0.2) is 0 Å². The van der Waals surface area contributed by atoms with E-state index in [4.69, 9.17) is 9.84 Å². The third-order valence-corrected chi connectivity index (χ3v) is 1.06. The lowest BCUT2D eigenvalue weighted by molar-refractivity contribution is 0.00727. The van der Waals surface area contributed by atoms with Gasteiger partial charge in [0.05, 0.1) is 18.8 Å². The molecule has 0 spiro atoms. The van der Waals surface area contributed by atoms with Crippen LogP contribution in [0.2, 0.25) is 0 Å². The topological polar surface area (TPSA) is 29.5 Å². The van der Waals surface area contributed by atoms with Crippen LogP contribution in [0.1, 0.15) is 20.3 Å². The number of aliphatic hydroxyl groups excluding tert-OH is 1. The summed E-state index contributed by atoms with van der Waals surface area (Å²) in [5.41, 5.74) is 0. The minimum atomic E-state index is -0.389. The SMILES string of the molecule is C=CC[C@@H](O)COC(C)C. The Bertz CT molecular complexity index is 89.3. The zero-order chi connectivity index (χ0) is 7.98. The molecule has 0 aromatic heterocycles. The van der Waals surface area contributed by atoms with Gasteiger partial charge in [-0.3, -0.25) is 0 Å². The van der Waals surface area contributed by atoms with Crippen molar-refractivity contribution in [3.8, 4) is 0 Å². The van der Waals surface area contributed by atoms with Gasteiger partial charge in [-0.2, -0.15) is 0 Å². The maximum Gasteiger partial charge on any atom is 0.0808 e. The van der Waals surface area contributed by atoms with Gasteiger partial charge in [-0.05, 0) is 20.3 Å². The molecule has 0 heterocycles. The van der Waals surface area contributed by atoms with E-state index < -0.39 is 0 Å². The molecule has 0 aromatic rings. The van der Waals surface area contributed by atoms with E-state index in [9.17, 15) is 0 Å². The highest BCUT2D eigenvalue weighted by atomic mass is 16.5. The molecule has 0 saturated heterocycles. The number of aliphatic hydroxyl groups is 1. The van der Waals surface area contributed by atoms with Crippen molar-refractivity contribution in [2.75, 3.05) is 6.61 Å². The second-order valence-corrected chi connectivity index (χ2v) is 2.56. The third kappa shape index (κ3) is 5.79. The van der Waals surface area contributed by atoms with Crippen molar-refractivity contribution in [3.05, 3.63) is 12.7 Å². The average molecular weight is 144 g/mol. The summed E-state index contributed by atoms with van der Waals surface area (Å²) >= 11 is 0. The molecule has 0 radical (unpaired) electrons. The maximum absolute atomic E-state index is 9.10. The molecule has 0 aliphatic carbocycles. The van der Waals surface area contributed by atoms with E-state index in [0.717, 1.165) is 0 Å². The quantitative estimate of drug-likeness (QED) is 0.590. The molecule has 0 unspecified atom stereocenters. The monoisotopic (exact) mass is 144 g/mol. The number of hydrogen-bond donors (Lipinski definition) is 1. The predicted molar refractivity (Wildman–Crippen MR) is 41.9 cm³/mol. The van der Waals surface area contributed by atoms with Crippen molar-refractivity contribution >= 4 is 0 Å². The van der Waals surface area contributed by atoms with Gasteiger partial charge in [0.25, 0.3) is 0 Å². The Hall–Kier alpha value is -0.340. The van der Waals surface area contributed by atoms with E-state index in [1.807, 2.05) is 13.8 Å². The van der Waals surface area contributed by atoms with Crippen molar-refractivity contribution in [2.45, 2.75) is 32.5 Å². The van der Waals surface area contributed by atoms with Crippen LogP contribution in [-0.2, 0) is 4.74 Å². The zero-order valence-electron chi connectivity index (χ0n) is 6.71. The van der Waals surface area contributed by atoms with Crippen molar-refractivity contribution < 1.29 is 9.84 Å². The summed E-state index contributed by atoms with van der Waals surface area (Å²) in [6.45, 7) is 7.81. The maximum atomic E-state index is 9.10. The van der Waals surface area contributed by atoms with Crippen LogP contribution in [-0.4, -0.2) is 23.9 Å². The van der Waals surface area contributed by atoms with E-state index in [0.29, 0.717) is 13.0 Å². The average Bonchev–Trinajstić information content (AvgIpc) is 1.85. The first-order chi connectivity index (χ1) is 4.66. The highest BCUT2D eigenvalue weighted by Gasteiger charge is 2.01. The largest absolute Gasteiger partial charge is 0.390 e. The molecule has 0 saturated carbocycles. The van der Waals surface area contributed by atoms with E-state index >= 15 is 0 Å². The first-order valence-corrected chi connectivity index (χ1v) is 3.57. The van der Waals surface area contributed by atoms with Crippen molar-refractivity contribution in [3.63, 3.8) is 0 Å². The molecule has 0 aromatic carbocycles. The van der Waals surface area contributed by atoms with Crippen LogP contribution >= 0.6 is 0 Å². The van der Waals surface area contributed by atoms with Crippen LogP contribution in [0.25, 0.3) is 0 Å². The molecular formula is C8H16O2. The van der Waals surface area contributed by atoms with E-state index in [-0.39, 0.29) is 12.2 Å². The molecule has 0 rings (SSSR count). The predicted octanol–water partition coefficient (Wildman–Crippen LogP) is 1.35. The van der Waals surface area contributed by atoms with Crippen LogP contribution in [0.15, 0.2) is 12.7 Å². The second-order valence-electron chi connectivity index (χ2n) is 2.56. The first-order valence-electron chi connectivity index (χ1n) is 3.57. The zero-order valence-corrected chi connectivity index (χ0v) is 6.71. The minimum Gasteiger partial charge on any atom is -0.390 e. The smallest absolute Gasteiger partial charge is 0.0808 e. The Labute approximate surface area is 62.5 Å². The van der Waals surface area contributed by atoms with Crippen molar-refractivity contribution in [1.29, 1.82) is 0 Å². The lowest BCUT2D eigenvalue weighted by Gasteiger charge is -2.10. The molecule has 0 amide bonds. The number of ether oxygens (including phenoxy) is 1. The van der Waals surface area contributed by atoms with Crippen molar-refractivity contribution in [1.82, 2.24) is 0 Å². The Morgan fingerprint density at radius 2 is 2.20 bits per heavy atom. The number of rotatable bonds is 5. The summed E-state index contributed by atoms with van der Waals surface area (Å²) in [5, 5.41) is 9.10. The summed E-state index contributed by atoms with van der Waals surface area (Å²) in [7, 11) is 0. The first kappa shape index (κ1) is 9.66. The fourth-order valence-corrected chi connectivity index (χ4v) is 0.564. The van der Waals surface area contributed by atoms with Crippen molar-refractivity contribution in [2.24, 2.45) is 0 Å². The summed E-state index contributed by atoms with van der Waals surface area (Å²) in [5.74, 6) is 0. The molecule has 10 heavy (non-hydrogen) atoms. The van der Waals surface area contributed by atoms with E-state index in [2.05, 4.69) is 6.58 Å². The Morgan fingerprint density at radius 3 is 2.60 bits per heavy atom. The second kappa shape index (κ2) is 5.45. The molecule has 60 valence electrons. The molecule has 1 atom stereocenters. The van der Waals surface area contributed by atoms with Crippen LogP contribution in [0.5, 0.6) is 0 Å². The van der Waals surface area contributed by atoms with Crippen LogP contribution in [0.4, 0.5) is 0 Å². The highest BCUT2D eigenvalue weighted by Crippen LogP contribution is 1.95. The molecule has 0 fully saturated rings. The van der Waals surface area contributed by atoms with Gasteiger partial charge in [0, 0.05) is 0 Å². The number of hydrogen-bond acceptors (Lipinski definition) is 2. The van der Waals surface area contributed by atoms with Crippen LogP contribution in [0.3, 0.4) is 0 Å². The molecule has 1 N–H and O–H groups in total. The molecule has 0 aliphatic heterocycles. The Morgan fingerprint density at radius 1 is 1.60 bits per heavy atom. The Balaban J connectivity index is 3.20. The van der Waals surface area contributed by atoms with Gasteiger partial charge >= 0.3 is 0 Å². The van der Waals surface area contributed by atoms with Gasteiger partial charge < -0.3 is 9.84 Å². The molecular weight excluding hydrogens is 128 g/mol. The molecule has 2 nitrogen and oxygen atoms in total. The van der Waals surface area contributed by atoms with Gasteiger partial charge in [0.2, 0.25) is 0 Å². The van der Waals surface area contributed by atoms with E-state index in [1.165, 1.54) is 0 Å². The molecule has 0 aliphatic rings. The van der Waals surface area contributed by atoms with Gasteiger partial charge in [-0.1, -0.05) is 6.08 Å². The normalized spacial score (nSPS) is 13.6. The summed E-state index contributed by atoms with van der Waals surface area (Å²) in [6.07, 6.45) is 2.10. The summed E-state index contributed by atoms with van der Waals surface area (Å²) in [4.78, 5) is 0. The van der Waals surface area contributed by atoms with E-state index in [1.54, 1.807) is 6.08 Å². The van der Waals surface area contributed by atoms with Crippen LogP contribution < -0.4 is 0 Å². The lowest BCUT2D eigenvalue weighted by Crippen LogP contribution is -2.17.